The van der Waals surface area contributed by atoms with E-state index in [1.54, 1.807) is 0 Å². The van der Waals surface area contributed by atoms with Gasteiger partial charge in [-0.15, -0.1) is 6.58 Å². The molecule has 0 bridgehead atoms. The minimum atomic E-state index is -2.81. The van der Waals surface area contributed by atoms with Gasteiger partial charge in [0.05, 0.1) is 11.5 Å². The van der Waals surface area contributed by atoms with Crippen molar-refractivity contribution in [3.05, 3.63) is 12.7 Å². The Bertz CT molecular complexity index is 579. The maximum absolute atomic E-state index is 12.0. The molecule has 24 heavy (non-hydrogen) atoms. The van der Waals surface area contributed by atoms with Crippen molar-refractivity contribution in [3.63, 3.8) is 0 Å². The van der Waals surface area contributed by atoms with Gasteiger partial charge >= 0.3 is 0 Å². The predicted octanol–water partition coefficient (Wildman–Crippen LogP) is 1.70. The zero-order valence-electron chi connectivity index (χ0n) is 14.6. The van der Waals surface area contributed by atoms with Gasteiger partial charge in [0.15, 0.2) is 9.84 Å². The van der Waals surface area contributed by atoms with Gasteiger partial charge in [-0.25, -0.2) is 8.42 Å². The van der Waals surface area contributed by atoms with E-state index in [0.717, 1.165) is 58.3 Å². The van der Waals surface area contributed by atoms with Crippen LogP contribution in [0.5, 0.6) is 0 Å². The maximum atomic E-state index is 12.0. The molecule has 3 fully saturated rings. The lowest BCUT2D eigenvalue weighted by Gasteiger charge is -2.48. The van der Waals surface area contributed by atoms with Crippen molar-refractivity contribution in [1.82, 2.24) is 9.80 Å². The minimum absolute atomic E-state index is 0.260. The zero-order chi connectivity index (χ0) is 17.2. The Hall–Kier alpha value is -0.880. The van der Waals surface area contributed by atoms with Crippen LogP contribution in [-0.2, 0) is 14.6 Å². The fraction of sp³-hybridized carbons (Fsp3) is 0.833. The van der Waals surface area contributed by atoms with Crippen molar-refractivity contribution >= 4 is 15.7 Å². The lowest BCUT2D eigenvalue weighted by Crippen LogP contribution is -2.52. The Morgan fingerprint density at radius 3 is 2.67 bits per heavy atom. The summed E-state index contributed by atoms with van der Waals surface area (Å²) >= 11 is 0. The molecule has 3 rings (SSSR count). The van der Waals surface area contributed by atoms with E-state index in [2.05, 4.69) is 11.5 Å². The van der Waals surface area contributed by atoms with E-state index >= 15 is 0 Å². The number of hydrogen-bond acceptors (Lipinski definition) is 4. The molecule has 0 radical (unpaired) electrons. The number of hydrogen-bond donors (Lipinski definition) is 0. The molecule has 0 saturated carbocycles. The Morgan fingerprint density at radius 2 is 2.00 bits per heavy atom. The van der Waals surface area contributed by atoms with E-state index in [4.69, 9.17) is 0 Å². The number of sulfone groups is 1. The molecule has 136 valence electrons. The topological polar surface area (TPSA) is 57.7 Å². The Balaban J connectivity index is 1.52. The molecule has 6 heteroatoms. The molecule has 5 nitrogen and oxygen atoms in total. The summed E-state index contributed by atoms with van der Waals surface area (Å²) in [5.74, 6) is 1.31. The molecular formula is C18H30N2O3S. The standard InChI is InChI=1S/C18H30N2O3S/c1-2-9-20-15-18(6-5-17(20)21)7-10-19(11-8-18)13-16-4-3-12-24(22,23)14-16/h2,16H,1,3-15H2/t16-/m0/s1. The summed E-state index contributed by atoms with van der Waals surface area (Å²) < 4.78 is 23.6. The van der Waals surface area contributed by atoms with Crippen LogP contribution in [0.15, 0.2) is 12.7 Å². The first-order valence-electron chi connectivity index (χ1n) is 9.23. The Morgan fingerprint density at radius 1 is 1.25 bits per heavy atom. The van der Waals surface area contributed by atoms with E-state index < -0.39 is 9.84 Å². The summed E-state index contributed by atoms with van der Waals surface area (Å²) in [6.45, 7) is 8.27. The lowest BCUT2D eigenvalue weighted by atomic mass is 9.72. The summed E-state index contributed by atoms with van der Waals surface area (Å²) in [5, 5.41) is 0. The molecule has 3 aliphatic heterocycles. The molecule has 3 heterocycles. The smallest absolute Gasteiger partial charge is 0.222 e. The van der Waals surface area contributed by atoms with Gasteiger partial charge < -0.3 is 9.80 Å². The van der Waals surface area contributed by atoms with Crippen LogP contribution < -0.4 is 0 Å². The van der Waals surface area contributed by atoms with Crippen LogP contribution >= 0.6 is 0 Å². The molecule has 0 aromatic carbocycles. The molecule has 0 aromatic heterocycles. The highest BCUT2D eigenvalue weighted by Gasteiger charge is 2.41. The van der Waals surface area contributed by atoms with Gasteiger partial charge in [-0.3, -0.25) is 4.79 Å². The van der Waals surface area contributed by atoms with E-state index in [1.807, 2.05) is 11.0 Å². The highest BCUT2D eigenvalue weighted by molar-refractivity contribution is 7.91. The molecule has 0 unspecified atom stereocenters. The normalized spacial score (nSPS) is 30.4. The van der Waals surface area contributed by atoms with Gasteiger partial charge in [0, 0.05) is 26.1 Å². The van der Waals surface area contributed by atoms with Crippen LogP contribution in [0.2, 0.25) is 0 Å². The van der Waals surface area contributed by atoms with E-state index in [-0.39, 0.29) is 11.3 Å². The minimum Gasteiger partial charge on any atom is -0.338 e. The van der Waals surface area contributed by atoms with Crippen LogP contribution in [0.3, 0.4) is 0 Å². The first-order valence-corrected chi connectivity index (χ1v) is 11.0. The first-order chi connectivity index (χ1) is 11.4. The van der Waals surface area contributed by atoms with Crippen molar-refractivity contribution in [2.24, 2.45) is 11.3 Å². The van der Waals surface area contributed by atoms with E-state index in [0.29, 0.717) is 30.4 Å². The number of nitrogens with zero attached hydrogens (tertiary/aromatic N) is 2. The molecule has 3 aliphatic rings. The molecule has 1 spiro atoms. The van der Waals surface area contributed by atoms with Gasteiger partial charge in [-0.2, -0.15) is 0 Å². The summed E-state index contributed by atoms with van der Waals surface area (Å²) in [6, 6.07) is 0. The van der Waals surface area contributed by atoms with Crippen molar-refractivity contribution in [3.8, 4) is 0 Å². The quantitative estimate of drug-likeness (QED) is 0.721. The average molecular weight is 355 g/mol. The van der Waals surface area contributed by atoms with E-state index in [9.17, 15) is 13.2 Å². The second-order valence-corrected chi connectivity index (χ2v) is 10.2. The van der Waals surface area contributed by atoms with E-state index in [1.165, 1.54) is 0 Å². The number of carbonyl (C=O) groups is 1. The summed E-state index contributed by atoms with van der Waals surface area (Å²) in [5.41, 5.74) is 0.270. The molecule has 0 aromatic rings. The summed E-state index contributed by atoms with van der Waals surface area (Å²) in [6.07, 6.45) is 7.59. The largest absolute Gasteiger partial charge is 0.338 e. The monoisotopic (exact) mass is 354 g/mol. The summed E-state index contributed by atoms with van der Waals surface area (Å²) in [7, 11) is -2.81. The van der Waals surface area contributed by atoms with Crippen LogP contribution in [0, 0.1) is 11.3 Å². The lowest BCUT2D eigenvalue weighted by molar-refractivity contribution is -0.138. The molecule has 0 N–H and O–H groups in total. The summed E-state index contributed by atoms with van der Waals surface area (Å²) in [4.78, 5) is 16.4. The number of likely N-dealkylation sites (tertiary alicyclic amines) is 2. The average Bonchev–Trinajstić information content (AvgIpc) is 2.53. The fourth-order valence-electron chi connectivity index (χ4n) is 4.67. The Kier molecular flexibility index (Phi) is 5.35. The fourth-order valence-corrected chi connectivity index (χ4v) is 6.43. The molecular weight excluding hydrogens is 324 g/mol. The number of rotatable bonds is 4. The van der Waals surface area contributed by atoms with Gasteiger partial charge in [0.2, 0.25) is 5.91 Å². The number of amides is 1. The zero-order valence-corrected chi connectivity index (χ0v) is 15.4. The third kappa shape index (κ3) is 4.20. The van der Waals surface area contributed by atoms with Crippen molar-refractivity contribution in [2.75, 3.05) is 44.2 Å². The maximum Gasteiger partial charge on any atom is 0.222 e. The van der Waals surface area contributed by atoms with Gasteiger partial charge in [0.1, 0.15) is 0 Å². The van der Waals surface area contributed by atoms with Gasteiger partial charge in [-0.05, 0) is 56.5 Å². The van der Waals surface area contributed by atoms with Crippen LogP contribution in [-0.4, -0.2) is 68.4 Å². The van der Waals surface area contributed by atoms with Crippen LogP contribution in [0.25, 0.3) is 0 Å². The van der Waals surface area contributed by atoms with Crippen LogP contribution in [0.1, 0.15) is 38.5 Å². The first kappa shape index (κ1) is 17.9. The highest BCUT2D eigenvalue weighted by Crippen LogP contribution is 2.40. The Labute approximate surface area is 146 Å². The van der Waals surface area contributed by atoms with Crippen molar-refractivity contribution in [1.29, 1.82) is 0 Å². The SMILES string of the molecule is C=CCN1CC2(CCC1=O)CCN(C[C@@H]1CCCS(=O)(=O)C1)CC2. The van der Waals surface area contributed by atoms with Gasteiger partial charge in [-0.1, -0.05) is 6.08 Å². The highest BCUT2D eigenvalue weighted by atomic mass is 32.2. The molecule has 0 aliphatic carbocycles. The van der Waals surface area contributed by atoms with Gasteiger partial charge in [0.25, 0.3) is 0 Å². The third-order valence-corrected chi connectivity index (χ3v) is 7.98. The van der Waals surface area contributed by atoms with Crippen molar-refractivity contribution in [2.45, 2.75) is 38.5 Å². The number of piperidine rings is 2. The van der Waals surface area contributed by atoms with Crippen molar-refractivity contribution < 1.29 is 13.2 Å². The number of carbonyl (C=O) groups excluding carboxylic acids is 1. The molecule has 1 amide bonds. The molecule has 1 atom stereocenters. The third-order valence-electron chi connectivity index (χ3n) is 6.09. The van der Waals surface area contributed by atoms with Crippen LogP contribution in [0.4, 0.5) is 0 Å². The second kappa shape index (κ2) is 7.16. The molecule has 3 saturated heterocycles. The predicted molar refractivity (Wildman–Crippen MR) is 95.5 cm³/mol. The second-order valence-electron chi connectivity index (χ2n) is 7.99.